The average Bonchev–Trinajstić information content (AvgIpc) is 2.93. The molecule has 0 radical (unpaired) electrons. The van der Waals surface area contributed by atoms with E-state index < -0.39 is 0 Å². The van der Waals surface area contributed by atoms with Crippen LogP contribution in [0.15, 0.2) is 28.8 Å². The molecule has 0 bridgehead atoms. The van der Waals surface area contributed by atoms with Crippen LogP contribution in [0.1, 0.15) is 22.6 Å². The standard InChI is InChI=1S/C19H25N3O3/c1-14-18(15(2)25-20-14)13-24-17-6-4-16(5-7-17)12-19(23)22-10-8-21(3)9-11-22/h4-7H,8-13H2,1-3H3. The van der Waals surface area contributed by atoms with Gasteiger partial charge in [-0.25, -0.2) is 0 Å². The summed E-state index contributed by atoms with van der Waals surface area (Å²) in [5.74, 6) is 1.75. The smallest absolute Gasteiger partial charge is 0.227 e. The van der Waals surface area contributed by atoms with E-state index in [-0.39, 0.29) is 5.91 Å². The molecule has 1 aromatic carbocycles. The van der Waals surface area contributed by atoms with Crippen LogP contribution >= 0.6 is 0 Å². The summed E-state index contributed by atoms with van der Waals surface area (Å²) < 4.78 is 10.9. The molecule has 1 amide bonds. The highest BCUT2D eigenvalue weighted by atomic mass is 16.5. The molecule has 1 aromatic heterocycles. The molecule has 0 saturated carbocycles. The van der Waals surface area contributed by atoms with Crippen LogP contribution < -0.4 is 4.74 Å². The second-order valence-electron chi connectivity index (χ2n) is 6.60. The number of rotatable bonds is 5. The highest BCUT2D eigenvalue weighted by molar-refractivity contribution is 5.78. The molecule has 1 aliphatic rings. The highest BCUT2D eigenvalue weighted by Crippen LogP contribution is 2.18. The van der Waals surface area contributed by atoms with E-state index in [1.807, 2.05) is 43.0 Å². The van der Waals surface area contributed by atoms with E-state index in [2.05, 4.69) is 17.1 Å². The average molecular weight is 343 g/mol. The van der Waals surface area contributed by atoms with E-state index in [4.69, 9.17) is 9.26 Å². The van der Waals surface area contributed by atoms with Gasteiger partial charge in [0.15, 0.2) is 0 Å². The second kappa shape index (κ2) is 7.70. The molecule has 6 nitrogen and oxygen atoms in total. The summed E-state index contributed by atoms with van der Waals surface area (Å²) in [5.41, 5.74) is 2.84. The first-order chi connectivity index (χ1) is 12.0. The summed E-state index contributed by atoms with van der Waals surface area (Å²) in [6.07, 6.45) is 0.438. The summed E-state index contributed by atoms with van der Waals surface area (Å²) in [5, 5.41) is 3.92. The van der Waals surface area contributed by atoms with Crippen LogP contribution in [-0.2, 0) is 17.8 Å². The minimum Gasteiger partial charge on any atom is -0.489 e. The number of aromatic nitrogens is 1. The van der Waals surface area contributed by atoms with Crippen molar-refractivity contribution >= 4 is 5.91 Å². The maximum absolute atomic E-state index is 12.4. The molecule has 1 fully saturated rings. The Morgan fingerprint density at radius 1 is 1.16 bits per heavy atom. The number of amides is 1. The minimum absolute atomic E-state index is 0.192. The van der Waals surface area contributed by atoms with Crippen LogP contribution in [0.2, 0.25) is 0 Å². The van der Waals surface area contributed by atoms with Gasteiger partial charge in [0.05, 0.1) is 17.7 Å². The molecule has 6 heteroatoms. The van der Waals surface area contributed by atoms with Crippen LogP contribution in [0.5, 0.6) is 5.75 Å². The van der Waals surface area contributed by atoms with E-state index in [0.29, 0.717) is 13.0 Å². The Labute approximate surface area is 148 Å². The molecule has 2 aromatic rings. The number of hydrogen-bond acceptors (Lipinski definition) is 5. The number of ether oxygens (including phenoxy) is 1. The molecule has 25 heavy (non-hydrogen) atoms. The van der Waals surface area contributed by atoms with Gasteiger partial charge < -0.3 is 19.1 Å². The molecule has 0 aliphatic carbocycles. The fraction of sp³-hybridized carbons (Fsp3) is 0.474. The van der Waals surface area contributed by atoms with Gasteiger partial charge in [-0.15, -0.1) is 0 Å². The molecule has 1 saturated heterocycles. The lowest BCUT2D eigenvalue weighted by molar-refractivity contribution is -0.132. The van der Waals surface area contributed by atoms with Gasteiger partial charge in [0.25, 0.3) is 0 Å². The second-order valence-corrected chi connectivity index (χ2v) is 6.60. The Morgan fingerprint density at radius 3 is 2.44 bits per heavy atom. The number of hydrogen-bond donors (Lipinski definition) is 0. The number of aryl methyl sites for hydroxylation is 2. The third-order valence-corrected chi connectivity index (χ3v) is 4.70. The SMILES string of the molecule is Cc1noc(C)c1COc1ccc(CC(=O)N2CCN(C)CC2)cc1. The van der Waals surface area contributed by atoms with Crippen molar-refractivity contribution in [3.05, 3.63) is 46.8 Å². The number of nitrogens with zero attached hydrogens (tertiary/aromatic N) is 3. The molecular weight excluding hydrogens is 318 g/mol. The van der Waals surface area contributed by atoms with Gasteiger partial charge in [-0.2, -0.15) is 0 Å². The third-order valence-electron chi connectivity index (χ3n) is 4.70. The predicted molar refractivity (Wildman–Crippen MR) is 94.5 cm³/mol. The zero-order valence-corrected chi connectivity index (χ0v) is 15.1. The van der Waals surface area contributed by atoms with Crippen molar-refractivity contribution in [2.24, 2.45) is 0 Å². The molecule has 0 spiro atoms. The lowest BCUT2D eigenvalue weighted by atomic mass is 10.1. The Morgan fingerprint density at radius 2 is 1.84 bits per heavy atom. The fourth-order valence-electron chi connectivity index (χ4n) is 2.91. The zero-order valence-electron chi connectivity index (χ0n) is 15.1. The van der Waals surface area contributed by atoms with E-state index >= 15 is 0 Å². The fourth-order valence-corrected chi connectivity index (χ4v) is 2.91. The van der Waals surface area contributed by atoms with E-state index in [9.17, 15) is 4.79 Å². The summed E-state index contributed by atoms with van der Waals surface area (Å²) >= 11 is 0. The van der Waals surface area contributed by atoms with Crippen molar-refractivity contribution < 1.29 is 14.1 Å². The first-order valence-corrected chi connectivity index (χ1v) is 8.62. The number of piperazine rings is 1. The monoisotopic (exact) mass is 343 g/mol. The molecule has 0 N–H and O–H groups in total. The Bertz CT molecular complexity index is 697. The number of benzene rings is 1. The minimum atomic E-state index is 0.192. The van der Waals surface area contributed by atoms with Gasteiger partial charge in [-0.05, 0) is 38.6 Å². The van der Waals surface area contributed by atoms with Crippen LogP contribution in [0, 0.1) is 13.8 Å². The van der Waals surface area contributed by atoms with Crippen molar-refractivity contribution in [3.8, 4) is 5.75 Å². The quantitative estimate of drug-likeness (QED) is 0.833. The molecule has 0 unspecified atom stereocenters. The number of carbonyl (C=O) groups is 1. The lowest BCUT2D eigenvalue weighted by Crippen LogP contribution is -2.47. The molecule has 0 atom stereocenters. The Balaban J connectivity index is 1.52. The first kappa shape index (κ1) is 17.5. The van der Waals surface area contributed by atoms with Gasteiger partial charge in [0, 0.05) is 26.2 Å². The van der Waals surface area contributed by atoms with Crippen LogP contribution in [-0.4, -0.2) is 54.1 Å². The van der Waals surface area contributed by atoms with Gasteiger partial charge in [-0.3, -0.25) is 4.79 Å². The molecule has 3 rings (SSSR count). The summed E-state index contributed by atoms with van der Waals surface area (Å²) in [6, 6.07) is 7.73. The number of carbonyl (C=O) groups excluding carboxylic acids is 1. The van der Waals surface area contributed by atoms with Crippen molar-refractivity contribution in [2.45, 2.75) is 26.9 Å². The molecular formula is C19H25N3O3. The van der Waals surface area contributed by atoms with Crippen molar-refractivity contribution in [1.82, 2.24) is 15.0 Å². The van der Waals surface area contributed by atoms with E-state index in [0.717, 1.165) is 54.5 Å². The van der Waals surface area contributed by atoms with Gasteiger partial charge in [0.1, 0.15) is 18.1 Å². The lowest BCUT2D eigenvalue weighted by Gasteiger charge is -2.32. The van der Waals surface area contributed by atoms with Gasteiger partial charge in [-0.1, -0.05) is 17.3 Å². The topological polar surface area (TPSA) is 58.8 Å². The summed E-state index contributed by atoms with van der Waals surface area (Å²) in [6.45, 7) is 7.73. The maximum atomic E-state index is 12.4. The molecule has 134 valence electrons. The van der Waals surface area contributed by atoms with Gasteiger partial charge >= 0.3 is 0 Å². The van der Waals surface area contributed by atoms with Crippen LogP contribution in [0.4, 0.5) is 0 Å². The summed E-state index contributed by atoms with van der Waals surface area (Å²) in [4.78, 5) is 16.6. The van der Waals surface area contributed by atoms with Crippen LogP contribution in [0.3, 0.4) is 0 Å². The van der Waals surface area contributed by atoms with Crippen LogP contribution in [0.25, 0.3) is 0 Å². The first-order valence-electron chi connectivity index (χ1n) is 8.62. The van der Waals surface area contributed by atoms with E-state index in [1.54, 1.807) is 0 Å². The normalized spacial score (nSPS) is 15.4. The number of likely N-dealkylation sites (N-methyl/N-ethyl adjacent to an activating group) is 1. The highest BCUT2D eigenvalue weighted by Gasteiger charge is 2.19. The largest absolute Gasteiger partial charge is 0.489 e. The van der Waals surface area contributed by atoms with E-state index in [1.165, 1.54) is 0 Å². The Hall–Kier alpha value is -2.34. The Kier molecular flexibility index (Phi) is 5.38. The maximum Gasteiger partial charge on any atom is 0.227 e. The molecule has 2 heterocycles. The predicted octanol–water partition coefficient (Wildman–Crippen LogP) is 2.19. The zero-order chi connectivity index (χ0) is 17.8. The molecule has 1 aliphatic heterocycles. The van der Waals surface area contributed by atoms with Crippen molar-refractivity contribution in [2.75, 3.05) is 33.2 Å². The third kappa shape index (κ3) is 4.39. The summed E-state index contributed by atoms with van der Waals surface area (Å²) in [7, 11) is 2.09. The van der Waals surface area contributed by atoms with Crippen molar-refractivity contribution in [3.63, 3.8) is 0 Å². The van der Waals surface area contributed by atoms with Crippen molar-refractivity contribution in [1.29, 1.82) is 0 Å². The van der Waals surface area contributed by atoms with Gasteiger partial charge in [0.2, 0.25) is 5.91 Å².